The maximum absolute atomic E-state index is 14.8. The summed E-state index contributed by atoms with van der Waals surface area (Å²) in [5.41, 5.74) is 0.675. The number of aromatic nitrogens is 3. The second-order valence-corrected chi connectivity index (χ2v) is 9.67. The lowest BCUT2D eigenvalue weighted by atomic mass is 10.3. The zero-order valence-corrected chi connectivity index (χ0v) is 21.6. The van der Waals surface area contributed by atoms with Crippen molar-refractivity contribution in [3.63, 3.8) is 0 Å². The van der Waals surface area contributed by atoms with Crippen LogP contribution in [0.15, 0.2) is 71.9 Å². The van der Waals surface area contributed by atoms with Gasteiger partial charge >= 0.3 is 0 Å². The number of thioether (sulfide) groups is 1. The van der Waals surface area contributed by atoms with Crippen LogP contribution in [-0.2, 0) is 11.4 Å². The molecule has 1 heterocycles. The smallest absolute Gasteiger partial charge is 0.237 e. The average Bonchev–Trinajstić information content (AvgIpc) is 3.26. The summed E-state index contributed by atoms with van der Waals surface area (Å²) in [4.78, 5) is 12.8. The molecule has 0 saturated heterocycles. The highest BCUT2D eigenvalue weighted by Gasteiger charge is 2.23. The van der Waals surface area contributed by atoms with Crippen LogP contribution in [0.1, 0.15) is 12.7 Å². The van der Waals surface area contributed by atoms with E-state index in [4.69, 9.17) is 32.7 Å². The zero-order chi connectivity index (χ0) is 25.7. The van der Waals surface area contributed by atoms with Crippen molar-refractivity contribution in [2.24, 2.45) is 0 Å². The summed E-state index contributed by atoms with van der Waals surface area (Å²) in [7, 11) is 1.58. The Hall–Kier alpha value is -3.27. The first-order valence-electron chi connectivity index (χ1n) is 10.7. The molecule has 1 unspecified atom stereocenters. The molecule has 4 aromatic rings. The van der Waals surface area contributed by atoms with Gasteiger partial charge in [-0.25, -0.2) is 4.39 Å². The molecule has 0 spiro atoms. The van der Waals surface area contributed by atoms with Crippen LogP contribution in [0.2, 0.25) is 10.0 Å². The monoisotopic (exact) mass is 546 g/mol. The van der Waals surface area contributed by atoms with Crippen LogP contribution in [0.5, 0.6) is 11.5 Å². The predicted octanol–water partition coefficient (Wildman–Crippen LogP) is 6.42. The van der Waals surface area contributed by atoms with Gasteiger partial charge in [0.15, 0.2) is 11.0 Å². The molecule has 186 valence electrons. The fraction of sp³-hybridized carbons (Fsp3) is 0.160. The number of halogens is 3. The molecule has 0 aliphatic rings. The normalized spacial score (nSPS) is 11.7. The Kier molecular flexibility index (Phi) is 8.35. The van der Waals surface area contributed by atoms with Gasteiger partial charge in [-0.05, 0) is 61.5 Å². The van der Waals surface area contributed by atoms with Crippen LogP contribution in [0.4, 0.5) is 10.1 Å². The Morgan fingerprint density at radius 2 is 1.81 bits per heavy atom. The van der Waals surface area contributed by atoms with Crippen molar-refractivity contribution in [2.45, 2.75) is 23.9 Å². The molecule has 0 aliphatic carbocycles. The van der Waals surface area contributed by atoms with E-state index in [0.29, 0.717) is 38.2 Å². The maximum Gasteiger partial charge on any atom is 0.237 e. The van der Waals surface area contributed by atoms with Crippen molar-refractivity contribution in [3.8, 4) is 17.2 Å². The van der Waals surface area contributed by atoms with Gasteiger partial charge in [0.25, 0.3) is 0 Å². The number of carbonyl (C=O) groups excluding carboxylic acids is 1. The number of ether oxygens (including phenoxy) is 2. The molecule has 3 aromatic carbocycles. The third-order valence-corrected chi connectivity index (χ3v) is 6.65. The molecular formula is C25H21Cl2FN4O3S. The fourth-order valence-electron chi connectivity index (χ4n) is 3.20. The molecule has 7 nitrogen and oxygen atoms in total. The third kappa shape index (κ3) is 6.10. The summed E-state index contributed by atoms with van der Waals surface area (Å²) >= 11 is 13.2. The van der Waals surface area contributed by atoms with E-state index in [1.54, 1.807) is 79.3 Å². The Morgan fingerprint density at radius 1 is 1.08 bits per heavy atom. The lowest BCUT2D eigenvalue weighted by molar-refractivity contribution is -0.115. The molecule has 1 N–H and O–H groups in total. The van der Waals surface area contributed by atoms with Gasteiger partial charge in [0.05, 0.1) is 28.8 Å². The van der Waals surface area contributed by atoms with E-state index in [9.17, 15) is 9.18 Å². The molecule has 36 heavy (non-hydrogen) atoms. The molecule has 0 bridgehead atoms. The highest BCUT2D eigenvalue weighted by molar-refractivity contribution is 8.00. The van der Waals surface area contributed by atoms with Crippen molar-refractivity contribution >= 4 is 46.6 Å². The van der Waals surface area contributed by atoms with E-state index in [1.165, 1.54) is 6.07 Å². The van der Waals surface area contributed by atoms with Gasteiger partial charge in [0.2, 0.25) is 5.91 Å². The minimum atomic E-state index is -0.609. The molecule has 1 aromatic heterocycles. The molecule has 11 heteroatoms. The van der Waals surface area contributed by atoms with Crippen LogP contribution in [-0.4, -0.2) is 33.0 Å². The van der Waals surface area contributed by atoms with Gasteiger partial charge in [0.1, 0.15) is 23.9 Å². The van der Waals surface area contributed by atoms with Gasteiger partial charge in [0, 0.05) is 5.02 Å². The van der Waals surface area contributed by atoms with E-state index >= 15 is 0 Å². The van der Waals surface area contributed by atoms with Gasteiger partial charge in [-0.2, -0.15) is 0 Å². The fourth-order valence-corrected chi connectivity index (χ4v) is 4.54. The van der Waals surface area contributed by atoms with Gasteiger partial charge in [-0.1, -0.05) is 47.1 Å². The topological polar surface area (TPSA) is 78.3 Å². The van der Waals surface area contributed by atoms with Crippen molar-refractivity contribution in [1.29, 1.82) is 0 Å². The van der Waals surface area contributed by atoms with Crippen LogP contribution in [0.25, 0.3) is 5.69 Å². The molecule has 0 fully saturated rings. The summed E-state index contributed by atoms with van der Waals surface area (Å²) in [6, 6.07) is 18.1. The molecule has 4 rings (SSSR count). The maximum atomic E-state index is 14.8. The van der Waals surface area contributed by atoms with E-state index < -0.39 is 11.1 Å². The quantitative estimate of drug-likeness (QED) is 0.244. The second kappa shape index (κ2) is 11.6. The number of hydrogen-bond donors (Lipinski definition) is 1. The average molecular weight is 547 g/mol. The highest BCUT2D eigenvalue weighted by Crippen LogP contribution is 2.30. The standard InChI is InChI=1S/C25H21Cl2FN4O3S/c1-15(24(33)29-21-12-7-16(26)13-19(21)27)36-25-31-30-23(32(25)22-6-4-3-5-20(22)28)14-35-18-10-8-17(34-2)9-11-18/h3-13,15H,14H2,1-2H3,(H,29,33). The van der Waals surface area contributed by atoms with Crippen LogP contribution in [0.3, 0.4) is 0 Å². The minimum absolute atomic E-state index is 0.0230. The van der Waals surface area contributed by atoms with Crippen molar-refractivity contribution < 1.29 is 18.7 Å². The molecule has 1 atom stereocenters. The number of nitrogens with zero attached hydrogens (tertiary/aromatic N) is 3. The number of amides is 1. The van der Waals surface area contributed by atoms with E-state index in [0.717, 1.165) is 11.8 Å². The highest BCUT2D eigenvalue weighted by atomic mass is 35.5. The number of anilines is 1. The first-order chi connectivity index (χ1) is 17.4. The molecule has 0 aliphatic heterocycles. The first kappa shape index (κ1) is 25.8. The van der Waals surface area contributed by atoms with Crippen molar-refractivity contribution in [3.05, 3.63) is 88.4 Å². The number of carbonyl (C=O) groups is 1. The minimum Gasteiger partial charge on any atom is -0.497 e. The lowest BCUT2D eigenvalue weighted by Gasteiger charge is -2.15. The second-order valence-electron chi connectivity index (χ2n) is 7.52. The Morgan fingerprint density at radius 3 is 2.50 bits per heavy atom. The summed E-state index contributed by atoms with van der Waals surface area (Å²) in [6.45, 7) is 1.73. The van der Waals surface area contributed by atoms with Crippen LogP contribution < -0.4 is 14.8 Å². The number of hydrogen-bond acceptors (Lipinski definition) is 6. The molecular weight excluding hydrogens is 526 g/mol. The number of para-hydroxylation sites is 1. The van der Waals surface area contributed by atoms with E-state index in [-0.39, 0.29) is 18.2 Å². The van der Waals surface area contributed by atoms with Crippen molar-refractivity contribution in [2.75, 3.05) is 12.4 Å². The van der Waals surface area contributed by atoms with Crippen LogP contribution in [0, 0.1) is 5.82 Å². The first-order valence-corrected chi connectivity index (χ1v) is 12.4. The Bertz CT molecular complexity index is 1370. The lowest BCUT2D eigenvalue weighted by Crippen LogP contribution is -2.23. The molecule has 0 saturated carbocycles. The Labute approximate surface area is 221 Å². The predicted molar refractivity (Wildman–Crippen MR) is 139 cm³/mol. The van der Waals surface area contributed by atoms with Crippen LogP contribution >= 0.6 is 35.0 Å². The van der Waals surface area contributed by atoms with Gasteiger partial charge < -0.3 is 14.8 Å². The number of methoxy groups -OCH3 is 1. The molecule has 0 radical (unpaired) electrons. The number of rotatable bonds is 9. The summed E-state index contributed by atoms with van der Waals surface area (Å²) < 4.78 is 27.3. The summed E-state index contributed by atoms with van der Waals surface area (Å²) in [5.74, 6) is 0.869. The number of benzene rings is 3. The SMILES string of the molecule is COc1ccc(OCc2nnc(SC(C)C(=O)Nc3ccc(Cl)cc3Cl)n2-c2ccccc2F)cc1. The summed E-state index contributed by atoms with van der Waals surface area (Å²) in [5, 5.41) is 11.7. The Balaban J connectivity index is 1.56. The van der Waals surface area contributed by atoms with Gasteiger partial charge in [-0.3, -0.25) is 9.36 Å². The number of nitrogens with one attached hydrogen (secondary N) is 1. The third-order valence-electron chi connectivity index (χ3n) is 5.06. The van der Waals surface area contributed by atoms with E-state index in [2.05, 4.69) is 15.5 Å². The van der Waals surface area contributed by atoms with Crippen molar-refractivity contribution in [1.82, 2.24) is 14.8 Å². The largest absolute Gasteiger partial charge is 0.497 e. The summed E-state index contributed by atoms with van der Waals surface area (Å²) in [6.07, 6.45) is 0. The van der Waals surface area contributed by atoms with Gasteiger partial charge in [-0.15, -0.1) is 10.2 Å². The zero-order valence-electron chi connectivity index (χ0n) is 19.2. The van der Waals surface area contributed by atoms with E-state index in [1.807, 2.05) is 0 Å². The molecule has 1 amide bonds.